The Hall–Kier alpha value is -2.74. The number of aryl methyl sites for hydroxylation is 1. The minimum absolute atomic E-state index is 0.156. The Balaban J connectivity index is 2.12. The lowest BCUT2D eigenvalue weighted by Gasteiger charge is -2.18. The molecule has 0 aliphatic rings. The summed E-state index contributed by atoms with van der Waals surface area (Å²) in [4.78, 5) is 29.4. The maximum atomic E-state index is 12.5. The van der Waals surface area contributed by atoms with Crippen LogP contribution in [0.1, 0.15) is 43.9 Å². The van der Waals surface area contributed by atoms with Gasteiger partial charge in [-0.1, -0.05) is 12.2 Å². The number of carbonyl (C=O) groups excluding carboxylic acids is 2. The molecule has 0 aliphatic carbocycles. The molecule has 0 fully saturated rings. The van der Waals surface area contributed by atoms with Gasteiger partial charge in [-0.15, -0.1) is 12.6 Å². The van der Waals surface area contributed by atoms with Crippen molar-refractivity contribution in [3.05, 3.63) is 41.9 Å². The molecule has 0 atom stereocenters. The van der Waals surface area contributed by atoms with E-state index in [9.17, 15) is 9.59 Å². The summed E-state index contributed by atoms with van der Waals surface area (Å²) >= 11 is 4.39. The third kappa shape index (κ3) is 5.89. The molecule has 1 aromatic carbocycles. The lowest BCUT2D eigenvalue weighted by atomic mass is 10.2. The Bertz CT molecular complexity index is 882. The molecule has 0 aliphatic heterocycles. The smallest absolute Gasteiger partial charge is 0.413 e. The first-order valence-electron chi connectivity index (χ1n) is 8.39. The number of anilines is 2. The van der Waals surface area contributed by atoms with Crippen molar-refractivity contribution >= 4 is 42.2 Å². The standard InChI is InChI=1S/C19H24N4O3S/c1-6-7-12-10-13(8-9-14(12)27)20-17(24)16-21-15(11-23(16)5)22-18(25)26-19(2,3)4/h6-11,27H,1-5H3,(H,20,24)(H,22,25)/b7-6+. The lowest BCUT2D eigenvalue weighted by molar-refractivity contribution is 0.0635. The van der Waals surface area contributed by atoms with E-state index in [2.05, 4.69) is 28.2 Å². The minimum Gasteiger partial charge on any atom is -0.444 e. The molecule has 0 saturated heterocycles. The van der Waals surface area contributed by atoms with Gasteiger partial charge in [-0.05, 0) is 51.5 Å². The second-order valence-corrected chi connectivity index (χ2v) is 7.40. The van der Waals surface area contributed by atoms with Crippen molar-refractivity contribution < 1.29 is 14.3 Å². The Morgan fingerprint density at radius 2 is 1.96 bits per heavy atom. The molecule has 7 nitrogen and oxygen atoms in total. The van der Waals surface area contributed by atoms with Crippen LogP contribution in [0.25, 0.3) is 6.08 Å². The summed E-state index contributed by atoms with van der Waals surface area (Å²) in [5.74, 6) is -0.00566. The topological polar surface area (TPSA) is 85.2 Å². The predicted molar refractivity (Wildman–Crippen MR) is 109 cm³/mol. The molecule has 0 saturated carbocycles. The first-order chi connectivity index (χ1) is 12.6. The zero-order chi connectivity index (χ0) is 20.2. The molecule has 1 aromatic heterocycles. The van der Waals surface area contributed by atoms with Gasteiger partial charge in [0.2, 0.25) is 5.82 Å². The van der Waals surface area contributed by atoms with Crippen LogP contribution in [0, 0.1) is 0 Å². The number of aromatic nitrogens is 2. The molecule has 2 amide bonds. The summed E-state index contributed by atoms with van der Waals surface area (Å²) in [7, 11) is 1.67. The van der Waals surface area contributed by atoms with Crippen molar-refractivity contribution in [3.8, 4) is 0 Å². The number of hydrogen-bond donors (Lipinski definition) is 3. The van der Waals surface area contributed by atoms with E-state index < -0.39 is 17.6 Å². The van der Waals surface area contributed by atoms with Gasteiger partial charge in [-0.2, -0.15) is 0 Å². The van der Waals surface area contributed by atoms with E-state index in [1.165, 1.54) is 4.57 Å². The predicted octanol–water partition coefficient (Wildman–Crippen LogP) is 4.34. The van der Waals surface area contributed by atoms with Crippen molar-refractivity contribution in [1.82, 2.24) is 9.55 Å². The number of nitrogens with zero attached hydrogens (tertiary/aromatic N) is 2. The number of carbonyl (C=O) groups is 2. The second kappa shape index (κ2) is 8.30. The van der Waals surface area contributed by atoms with Gasteiger partial charge in [0.05, 0.1) is 0 Å². The molecule has 1 heterocycles. The highest BCUT2D eigenvalue weighted by Crippen LogP contribution is 2.21. The van der Waals surface area contributed by atoms with E-state index in [4.69, 9.17) is 4.74 Å². The number of nitrogens with one attached hydrogen (secondary N) is 2. The van der Waals surface area contributed by atoms with Gasteiger partial charge < -0.3 is 14.6 Å². The average molecular weight is 388 g/mol. The Labute approximate surface area is 164 Å². The number of amides is 2. The monoisotopic (exact) mass is 388 g/mol. The van der Waals surface area contributed by atoms with Gasteiger partial charge in [0.25, 0.3) is 5.91 Å². The number of allylic oxidation sites excluding steroid dienone is 1. The zero-order valence-corrected chi connectivity index (χ0v) is 16.9. The normalized spacial score (nSPS) is 11.5. The van der Waals surface area contributed by atoms with Gasteiger partial charge in [-0.25, -0.2) is 9.78 Å². The summed E-state index contributed by atoms with van der Waals surface area (Å²) in [5, 5.41) is 5.32. The fourth-order valence-electron chi connectivity index (χ4n) is 2.28. The van der Waals surface area contributed by atoms with E-state index in [-0.39, 0.29) is 11.6 Å². The molecule has 0 spiro atoms. The molecule has 8 heteroatoms. The highest BCUT2D eigenvalue weighted by atomic mass is 32.1. The Morgan fingerprint density at radius 1 is 1.26 bits per heavy atom. The summed E-state index contributed by atoms with van der Waals surface area (Å²) in [6.45, 7) is 7.21. The first kappa shape index (κ1) is 20.6. The quantitative estimate of drug-likeness (QED) is 0.680. The maximum Gasteiger partial charge on any atom is 0.413 e. The molecule has 0 bridgehead atoms. The third-order valence-corrected chi connectivity index (χ3v) is 3.75. The van der Waals surface area contributed by atoms with Crippen molar-refractivity contribution in [2.75, 3.05) is 10.6 Å². The Kier molecular flexibility index (Phi) is 6.32. The summed E-state index contributed by atoms with van der Waals surface area (Å²) in [6.07, 6.45) is 4.71. The van der Waals surface area contributed by atoms with Crippen LogP contribution >= 0.6 is 12.6 Å². The third-order valence-electron chi connectivity index (χ3n) is 3.34. The molecule has 2 rings (SSSR count). The molecule has 0 unspecified atom stereocenters. The van der Waals surface area contributed by atoms with Crippen molar-refractivity contribution in [1.29, 1.82) is 0 Å². The van der Waals surface area contributed by atoms with Crippen LogP contribution in [0.2, 0.25) is 0 Å². The van der Waals surface area contributed by atoms with E-state index >= 15 is 0 Å². The second-order valence-electron chi connectivity index (χ2n) is 6.92. The van der Waals surface area contributed by atoms with Crippen LogP contribution in [-0.4, -0.2) is 27.2 Å². The number of imidazole rings is 1. The summed E-state index contributed by atoms with van der Waals surface area (Å²) in [6, 6.07) is 5.39. The van der Waals surface area contributed by atoms with Crippen LogP contribution in [0.5, 0.6) is 0 Å². The number of benzene rings is 1. The molecule has 144 valence electrons. The van der Waals surface area contributed by atoms with Crippen molar-refractivity contribution in [2.24, 2.45) is 7.05 Å². The Morgan fingerprint density at radius 3 is 2.59 bits per heavy atom. The molecular weight excluding hydrogens is 364 g/mol. The number of thiol groups is 1. The first-order valence-corrected chi connectivity index (χ1v) is 8.84. The van der Waals surface area contributed by atoms with Crippen LogP contribution in [-0.2, 0) is 11.8 Å². The fraction of sp³-hybridized carbons (Fsp3) is 0.316. The highest BCUT2D eigenvalue weighted by Gasteiger charge is 2.19. The minimum atomic E-state index is -0.632. The average Bonchev–Trinajstić information content (AvgIpc) is 2.89. The largest absolute Gasteiger partial charge is 0.444 e. The summed E-state index contributed by atoms with van der Waals surface area (Å²) < 4.78 is 6.71. The van der Waals surface area contributed by atoms with Crippen LogP contribution in [0.15, 0.2) is 35.4 Å². The van der Waals surface area contributed by atoms with Gasteiger partial charge in [0, 0.05) is 23.8 Å². The zero-order valence-electron chi connectivity index (χ0n) is 16.0. The highest BCUT2D eigenvalue weighted by molar-refractivity contribution is 7.80. The van der Waals surface area contributed by atoms with Crippen LogP contribution < -0.4 is 10.6 Å². The van der Waals surface area contributed by atoms with Crippen molar-refractivity contribution in [2.45, 2.75) is 38.2 Å². The van der Waals surface area contributed by atoms with E-state index in [1.807, 2.05) is 31.2 Å². The molecular formula is C19H24N4O3S. The van der Waals surface area contributed by atoms with Crippen LogP contribution in [0.3, 0.4) is 0 Å². The van der Waals surface area contributed by atoms with Gasteiger partial charge in [0.1, 0.15) is 5.60 Å². The molecule has 2 aromatic rings. The van der Waals surface area contributed by atoms with Gasteiger partial charge in [-0.3, -0.25) is 10.1 Å². The number of rotatable bonds is 4. The van der Waals surface area contributed by atoms with E-state index in [0.717, 1.165) is 10.5 Å². The van der Waals surface area contributed by atoms with Gasteiger partial charge >= 0.3 is 6.09 Å². The molecule has 27 heavy (non-hydrogen) atoms. The fourth-order valence-corrected chi connectivity index (χ4v) is 2.49. The van der Waals surface area contributed by atoms with Gasteiger partial charge in [0.15, 0.2) is 5.82 Å². The molecule has 2 N–H and O–H groups in total. The molecule has 0 radical (unpaired) electrons. The van der Waals surface area contributed by atoms with Crippen LogP contribution in [0.4, 0.5) is 16.3 Å². The number of hydrogen-bond acceptors (Lipinski definition) is 5. The SMILES string of the molecule is C/C=C/c1cc(NC(=O)c2nc(NC(=O)OC(C)(C)C)cn2C)ccc1S. The van der Waals surface area contributed by atoms with Crippen molar-refractivity contribution in [3.63, 3.8) is 0 Å². The van der Waals surface area contributed by atoms with E-state index in [1.54, 1.807) is 40.1 Å². The lowest BCUT2D eigenvalue weighted by Crippen LogP contribution is -2.27. The van der Waals surface area contributed by atoms with E-state index in [0.29, 0.717) is 5.69 Å². The number of ether oxygens (including phenoxy) is 1. The summed E-state index contributed by atoms with van der Waals surface area (Å²) in [5.41, 5.74) is 0.893. The maximum absolute atomic E-state index is 12.5.